The van der Waals surface area contributed by atoms with Crippen LogP contribution in [0.5, 0.6) is 0 Å². The van der Waals surface area contributed by atoms with Crippen LogP contribution >= 0.6 is 0 Å². The van der Waals surface area contributed by atoms with Crippen molar-refractivity contribution in [2.24, 2.45) is 0 Å². The number of imide groups is 1. The third kappa shape index (κ3) is 2.23. The van der Waals surface area contributed by atoms with E-state index in [1.807, 2.05) is 0 Å². The molecule has 2 aromatic heterocycles. The lowest BCUT2D eigenvalue weighted by Crippen LogP contribution is -2.26. The van der Waals surface area contributed by atoms with Gasteiger partial charge in [0.05, 0.1) is 11.1 Å². The summed E-state index contributed by atoms with van der Waals surface area (Å²) in [7, 11) is 1.59. The molecule has 0 N–H and O–H groups in total. The molecule has 2 amide bonds. The van der Waals surface area contributed by atoms with Crippen LogP contribution in [0.3, 0.4) is 0 Å². The molecule has 32 heavy (non-hydrogen) atoms. The highest BCUT2D eigenvalue weighted by molar-refractivity contribution is 6.51. The molecule has 4 aromatic rings. The minimum Gasteiger partial charge on any atom is -0.342 e. The van der Waals surface area contributed by atoms with E-state index in [4.69, 9.17) is 0 Å². The second kappa shape index (κ2) is 6.22. The van der Waals surface area contributed by atoms with Crippen molar-refractivity contribution in [3.05, 3.63) is 70.0 Å². The molecule has 0 unspecified atom stereocenters. The minimum atomic E-state index is -0.220. The second-order valence-corrected chi connectivity index (χ2v) is 9.18. The largest absolute Gasteiger partial charge is 0.342 e. The van der Waals surface area contributed by atoms with Gasteiger partial charge in [0.15, 0.2) is 0 Å². The van der Waals surface area contributed by atoms with Gasteiger partial charge in [0.2, 0.25) is 0 Å². The summed E-state index contributed by atoms with van der Waals surface area (Å²) in [6, 6.07) is 12.8. The number of likely N-dealkylation sites (N-methyl/N-ethyl adjacent to an activating group) is 1. The lowest BCUT2D eigenvalue weighted by atomic mass is 9.92. The maximum Gasteiger partial charge on any atom is 0.262 e. The molecular formula is C27H25N3O2. The van der Waals surface area contributed by atoms with Crippen LogP contribution in [0.4, 0.5) is 0 Å². The van der Waals surface area contributed by atoms with Gasteiger partial charge in [0, 0.05) is 64.5 Å². The highest BCUT2D eigenvalue weighted by Gasteiger charge is 2.41. The predicted molar refractivity (Wildman–Crippen MR) is 127 cm³/mol. The maximum atomic E-state index is 13.6. The number of benzene rings is 2. The summed E-state index contributed by atoms with van der Waals surface area (Å²) in [5.41, 5.74) is 9.44. The lowest BCUT2D eigenvalue weighted by molar-refractivity contribution is -0.134. The average molecular weight is 424 g/mol. The number of aryl methyl sites for hydroxylation is 4. The van der Waals surface area contributed by atoms with Crippen molar-refractivity contribution in [2.45, 2.75) is 40.8 Å². The smallest absolute Gasteiger partial charge is 0.262 e. The van der Waals surface area contributed by atoms with Gasteiger partial charge in [0.1, 0.15) is 0 Å². The van der Waals surface area contributed by atoms with Gasteiger partial charge in [-0.05, 0) is 52.0 Å². The Morgan fingerprint density at radius 3 is 1.47 bits per heavy atom. The van der Waals surface area contributed by atoms with Gasteiger partial charge in [-0.2, -0.15) is 0 Å². The van der Waals surface area contributed by atoms with Crippen LogP contribution in [0, 0.1) is 27.7 Å². The number of nitrogens with zero attached hydrogens (tertiary/aromatic N) is 3. The molecule has 5 nitrogen and oxygen atoms in total. The summed E-state index contributed by atoms with van der Waals surface area (Å²) in [5.74, 6) is -0.440. The highest BCUT2D eigenvalue weighted by atomic mass is 16.2. The highest BCUT2D eigenvalue weighted by Crippen LogP contribution is 2.45. The fourth-order valence-electron chi connectivity index (χ4n) is 5.70. The van der Waals surface area contributed by atoms with Crippen molar-refractivity contribution < 1.29 is 9.59 Å². The summed E-state index contributed by atoms with van der Waals surface area (Å²) in [4.78, 5) is 28.4. The molecule has 0 saturated heterocycles. The van der Waals surface area contributed by atoms with E-state index < -0.39 is 0 Å². The Balaban J connectivity index is 1.86. The van der Waals surface area contributed by atoms with Crippen LogP contribution in [0.2, 0.25) is 0 Å². The van der Waals surface area contributed by atoms with Crippen molar-refractivity contribution in [2.75, 3.05) is 7.05 Å². The van der Waals surface area contributed by atoms with E-state index in [0.29, 0.717) is 11.1 Å². The molecule has 2 aliphatic heterocycles. The Bertz CT molecular complexity index is 1450. The monoisotopic (exact) mass is 423 g/mol. The summed E-state index contributed by atoms with van der Waals surface area (Å²) in [6.45, 7) is 9.87. The van der Waals surface area contributed by atoms with Crippen molar-refractivity contribution >= 4 is 44.8 Å². The molecular weight excluding hydrogens is 398 g/mol. The number of rotatable bonds is 0. The van der Waals surface area contributed by atoms with Crippen LogP contribution in [0.1, 0.15) is 33.6 Å². The molecule has 5 heteroatoms. The maximum absolute atomic E-state index is 13.6. The van der Waals surface area contributed by atoms with E-state index in [1.54, 1.807) is 7.05 Å². The molecule has 0 spiro atoms. The number of carbonyl (C=O) groups excluding carboxylic acids is 2. The van der Waals surface area contributed by atoms with E-state index in [0.717, 1.165) is 68.5 Å². The zero-order valence-corrected chi connectivity index (χ0v) is 19.0. The molecule has 160 valence electrons. The fourth-order valence-corrected chi connectivity index (χ4v) is 5.70. The molecule has 4 heterocycles. The van der Waals surface area contributed by atoms with Gasteiger partial charge in [-0.25, -0.2) is 0 Å². The third-order valence-electron chi connectivity index (χ3n) is 7.29. The second-order valence-electron chi connectivity index (χ2n) is 9.18. The Morgan fingerprint density at radius 2 is 1.06 bits per heavy atom. The van der Waals surface area contributed by atoms with Crippen LogP contribution in [-0.2, 0) is 22.7 Å². The first-order valence-electron chi connectivity index (χ1n) is 11.1. The summed E-state index contributed by atoms with van der Waals surface area (Å²) >= 11 is 0. The number of hydrogen-bond donors (Lipinski definition) is 0. The zero-order chi connectivity index (χ0) is 22.5. The van der Waals surface area contributed by atoms with Crippen molar-refractivity contribution in [1.29, 1.82) is 0 Å². The van der Waals surface area contributed by atoms with E-state index in [9.17, 15) is 9.59 Å². The molecule has 4 bridgehead atoms. The average Bonchev–Trinajstić information content (AvgIpc) is 3.25. The van der Waals surface area contributed by atoms with Crippen LogP contribution in [0.25, 0.3) is 33.0 Å². The quantitative estimate of drug-likeness (QED) is 0.383. The Labute approximate surface area is 186 Å². The lowest BCUT2D eigenvalue weighted by Gasteiger charge is -2.14. The molecule has 0 saturated carbocycles. The van der Waals surface area contributed by atoms with Crippen molar-refractivity contribution in [1.82, 2.24) is 14.0 Å². The molecule has 0 fully saturated rings. The Hall–Kier alpha value is -3.60. The Morgan fingerprint density at radius 1 is 0.656 bits per heavy atom. The first-order chi connectivity index (χ1) is 15.3. The van der Waals surface area contributed by atoms with Gasteiger partial charge >= 0.3 is 0 Å². The van der Waals surface area contributed by atoms with Gasteiger partial charge < -0.3 is 9.13 Å². The summed E-state index contributed by atoms with van der Waals surface area (Å²) in [6.07, 6.45) is 0. The van der Waals surface area contributed by atoms with Crippen molar-refractivity contribution in [3.8, 4) is 0 Å². The molecule has 2 aromatic carbocycles. The molecule has 0 atom stereocenters. The number of carbonyl (C=O) groups is 2. The van der Waals surface area contributed by atoms with Crippen LogP contribution < -0.4 is 0 Å². The first-order valence-corrected chi connectivity index (χ1v) is 11.1. The number of amides is 2. The molecule has 6 rings (SSSR count). The third-order valence-corrected chi connectivity index (χ3v) is 7.29. The number of fused-ring (bicyclic) bond motifs is 12. The van der Waals surface area contributed by atoms with Gasteiger partial charge in [0.25, 0.3) is 11.8 Å². The van der Waals surface area contributed by atoms with Crippen LogP contribution in [-0.4, -0.2) is 32.9 Å². The van der Waals surface area contributed by atoms with E-state index in [1.165, 1.54) is 4.90 Å². The fraction of sp³-hybridized carbons (Fsp3) is 0.259. The van der Waals surface area contributed by atoms with Gasteiger partial charge in [-0.15, -0.1) is 0 Å². The van der Waals surface area contributed by atoms with Crippen LogP contribution in [0.15, 0.2) is 36.4 Å². The van der Waals surface area contributed by atoms with Gasteiger partial charge in [-0.1, -0.05) is 23.3 Å². The van der Waals surface area contributed by atoms with Crippen molar-refractivity contribution in [3.63, 3.8) is 0 Å². The molecule has 0 aliphatic carbocycles. The minimum absolute atomic E-state index is 0.220. The standard InChI is InChI=1S/C27H25N3O2/c1-14-6-8-20-18(12-14)22-16(3)29(20)10-11-30-17(4)23(19-13-15(2)7-9-21(19)30)25-24(22)26(31)28(5)27(25)32/h6-9,12-13H,10-11H2,1-5H3. The van der Waals surface area contributed by atoms with Gasteiger partial charge in [-0.3, -0.25) is 14.5 Å². The topological polar surface area (TPSA) is 47.2 Å². The zero-order valence-electron chi connectivity index (χ0n) is 19.0. The summed E-state index contributed by atoms with van der Waals surface area (Å²) < 4.78 is 4.60. The number of hydrogen-bond acceptors (Lipinski definition) is 2. The molecule has 2 aliphatic rings. The van der Waals surface area contributed by atoms with E-state index >= 15 is 0 Å². The molecule has 0 radical (unpaired) electrons. The SMILES string of the molecule is Cc1ccc2c(c1)c1c(C)n2CCn2c(C)c(c3cc(C)ccc32)C2=C1C(=O)N(C)C2=O. The Kier molecular flexibility index (Phi) is 3.72. The predicted octanol–water partition coefficient (Wildman–Crippen LogP) is 4.75. The van der Waals surface area contributed by atoms with E-state index in [2.05, 4.69) is 73.2 Å². The first kappa shape index (κ1) is 19.1. The number of aromatic nitrogens is 2. The normalized spacial score (nSPS) is 16.0. The van der Waals surface area contributed by atoms with E-state index in [-0.39, 0.29) is 11.8 Å². The summed E-state index contributed by atoms with van der Waals surface area (Å²) in [5, 5.41) is 2.09.